The van der Waals surface area contributed by atoms with Crippen LogP contribution < -0.4 is 5.32 Å². The molecule has 5 aromatic heterocycles. The number of nitrogens with one attached hydrogen (secondary N) is 1. The highest BCUT2D eigenvalue weighted by atomic mass is 35.5. The SMILES string of the molecule is Cc1cc(-c2cc(F)c3cc(C4CCNCC4)ncc3c2)cc2cn(C)nc12.Cc1cn2nc(-c3cc(F)c4nc(C5CCN(C)CC5)nnc4c3)cc(C)c2n1.Cl.Cl. The molecule has 0 spiro atoms. The average Bonchev–Trinajstić information content (AvgIpc) is 3.80. The first-order chi connectivity index (χ1) is 27.6. The third-order valence-electron chi connectivity index (χ3n) is 11.4. The Kier molecular flexibility index (Phi) is 12.2. The molecule has 15 heteroatoms. The minimum atomic E-state index is -0.400. The van der Waals surface area contributed by atoms with Gasteiger partial charge in [-0.2, -0.15) is 10.2 Å². The van der Waals surface area contributed by atoms with Crippen LogP contribution in [0.2, 0.25) is 0 Å². The summed E-state index contributed by atoms with van der Waals surface area (Å²) in [6.45, 7) is 9.93. The van der Waals surface area contributed by atoms with Crippen molar-refractivity contribution >= 4 is 63.2 Å². The van der Waals surface area contributed by atoms with Gasteiger partial charge >= 0.3 is 0 Å². The lowest BCUT2D eigenvalue weighted by molar-refractivity contribution is 0.250. The first-order valence-electron chi connectivity index (χ1n) is 19.7. The monoisotopic (exact) mass is 837 g/mol. The minimum Gasteiger partial charge on any atom is -0.317 e. The fraction of sp³-hybridized carbons (Fsp3) is 0.341. The summed E-state index contributed by atoms with van der Waals surface area (Å²) in [5.41, 5.74) is 9.65. The van der Waals surface area contributed by atoms with Gasteiger partial charge in [0.1, 0.15) is 16.9 Å². The summed E-state index contributed by atoms with van der Waals surface area (Å²) in [5.74, 6) is 0.706. The van der Waals surface area contributed by atoms with E-state index in [-0.39, 0.29) is 42.1 Å². The topological polar surface area (TPSA) is 115 Å². The first kappa shape index (κ1) is 41.9. The molecule has 0 amide bonds. The van der Waals surface area contributed by atoms with Gasteiger partial charge in [-0.05, 0) is 150 Å². The number of hydrogen-bond acceptors (Lipinski definition) is 9. The summed E-state index contributed by atoms with van der Waals surface area (Å²) in [6, 6.07) is 15.0. The zero-order chi connectivity index (χ0) is 39.4. The molecule has 10 rings (SSSR count). The van der Waals surface area contributed by atoms with Crippen molar-refractivity contribution < 1.29 is 8.78 Å². The molecule has 59 heavy (non-hydrogen) atoms. The Hall–Kier alpha value is -5.21. The number of hydrogen-bond donors (Lipinski definition) is 1. The number of imidazole rings is 1. The number of aryl methyl sites for hydroxylation is 4. The predicted octanol–water partition coefficient (Wildman–Crippen LogP) is 8.85. The molecule has 3 aromatic carbocycles. The number of pyridine rings is 1. The van der Waals surface area contributed by atoms with Crippen LogP contribution in [-0.4, -0.2) is 82.7 Å². The Morgan fingerprint density at radius 3 is 2.19 bits per heavy atom. The quantitative estimate of drug-likeness (QED) is 0.186. The maximum Gasteiger partial charge on any atom is 0.156 e. The zero-order valence-electron chi connectivity index (χ0n) is 33.7. The third kappa shape index (κ3) is 8.47. The smallest absolute Gasteiger partial charge is 0.156 e. The van der Waals surface area contributed by atoms with E-state index in [1.807, 2.05) is 69.3 Å². The number of benzene rings is 3. The lowest BCUT2D eigenvalue weighted by Crippen LogP contribution is -2.30. The number of piperidine rings is 2. The molecule has 0 bridgehead atoms. The zero-order valence-corrected chi connectivity index (χ0v) is 35.3. The van der Waals surface area contributed by atoms with Crippen molar-refractivity contribution in [3.63, 3.8) is 0 Å². The van der Waals surface area contributed by atoms with E-state index in [2.05, 4.69) is 64.7 Å². The van der Waals surface area contributed by atoms with Gasteiger partial charge in [0.05, 0.1) is 23.1 Å². The van der Waals surface area contributed by atoms with Gasteiger partial charge in [-0.1, -0.05) is 0 Å². The van der Waals surface area contributed by atoms with Crippen molar-refractivity contribution in [3.8, 4) is 22.4 Å². The molecule has 0 radical (unpaired) electrons. The van der Waals surface area contributed by atoms with E-state index in [9.17, 15) is 4.39 Å². The molecule has 11 nitrogen and oxygen atoms in total. The summed E-state index contributed by atoms with van der Waals surface area (Å²) in [7, 11) is 4.02. The maximum atomic E-state index is 15.0. The molecule has 0 unspecified atom stereocenters. The standard InChI is InChI=1S/C23H23FN4.C21H22FN7.2ClH/c1-14-7-16(9-19-13-28(2)27-23(14)19)17-8-18-12-26-22(11-20(18)21(24)10-17)15-3-5-25-6-4-15;1-12-8-17(27-29-11-13(2)23-21(12)29)15-9-16(22)19-18(10-15)25-26-20(24-19)14-4-6-28(3)7-5-14;;/h7-13,15,25H,3-6H2,1-2H3;8-11,14H,4-7H2,1-3H3;2*1H. The van der Waals surface area contributed by atoms with Crippen LogP contribution in [0.4, 0.5) is 8.78 Å². The molecule has 2 saturated heterocycles. The van der Waals surface area contributed by atoms with Crippen LogP contribution in [0.25, 0.3) is 60.7 Å². The Morgan fingerprint density at radius 2 is 1.41 bits per heavy atom. The van der Waals surface area contributed by atoms with E-state index in [0.717, 1.165) is 107 Å². The lowest BCUT2D eigenvalue weighted by atomic mass is 9.92. The molecule has 7 heterocycles. The van der Waals surface area contributed by atoms with Gasteiger partial charge in [-0.3, -0.25) is 9.67 Å². The van der Waals surface area contributed by atoms with Crippen LogP contribution in [0.15, 0.2) is 67.1 Å². The van der Waals surface area contributed by atoms with Crippen molar-refractivity contribution in [2.75, 3.05) is 33.2 Å². The van der Waals surface area contributed by atoms with Crippen LogP contribution in [0.1, 0.15) is 65.9 Å². The molecule has 0 aliphatic carbocycles. The van der Waals surface area contributed by atoms with E-state index in [1.54, 1.807) is 16.6 Å². The highest BCUT2D eigenvalue weighted by Gasteiger charge is 2.23. The van der Waals surface area contributed by atoms with Gasteiger partial charge in [0.15, 0.2) is 17.3 Å². The number of halogens is 4. The predicted molar refractivity (Wildman–Crippen MR) is 234 cm³/mol. The Bertz CT molecular complexity index is 2810. The van der Waals surface area contributed by atoms with Crippen molar-refractivity contribution in [2.45, 2.75) is 58.3 Å². The number of nitrogens with zero attached hydrogens (tertiary/aromatic N) is 10. The number of fused-ring (bicyclic) bond motifs is 4. The Balaban J connectivity index is 0.000000173. The minimum absolute atomic E-state index is 0. The maximum absolute atomic E-state index is 15.0. The largest absolute Gasteiger partial charge is 0.317 e. The van der Waals surface area contributed by atoms with Gasteiger partial charge in [0, 0.05) is 58.7 Å². The van der Waals surface area contributed by atoms with Crippen LogP contribution in [0.3, 0.4) is 0 Å². The first-order valence-corrected chi connectivity index (χ1v) is 19.7. The molecule has 2 fully saturated rings. The number of aromatic nitrogens is 9. The summed E-state index contributed by atoms with van der Waals surface area (Å²) in [6.07, 6.45) is 9.74. The summed E-state index contributed by atoms with van der Waals surface area (Å²) < 4.78 is 33.6. The van der Waals surface area contributed by atoms with Crippen molar-refractivity contribution in [2.24, 2.45) is 7.05 Å². The second-order valence-electron chi connectivity index (χ2n) is 15.8. The molecule has 306 valence electrons. The highest BCUT2D eigenvalue weighted by Crippen LogP contribution is 2.33. The van der Waals surface area contributed by atoms with Gasteiger partial charge in [-0.15, -0.1) is 35.0 Å². The van der Waals surface area contributed by atoms with Gasteiger partial charge in [-0.25, -0.2) is 23.3 Å². The molecule has 8 aromatic rings. The van der Waals surface area contributed by atoms with Gasteiger partial charge < -0.3 is 10.2 Å². The number of rotatable bonds is 4. The Labute approximate surface area is 353 Å². The van der Waals surface area contributed by atoms with Crippen LogP contribution >= 0.6 is 24.8 Å². The molecule has 2 aliphatic heterocycles. The second-order valence-corrected chi connectivity index (χ2v) is 15.8. The molecular weight excluding hydrogens is 791 g/mol. The van der Waals surface area contributed by atoms with Crippen LogP contribution in [0.5, 0.6) is 0 Å². The van der Waals surface area contributed by atoms with E-state index >= 15 is 4.39 Å². The fourth-order valence-corrected chi connectivity index (χ4v) is 8.32. The van der Waals surface area contributed by atoms with Crippen molar-refractivity contribution in [1.29, 1.82) is 0 Å². The summed E-state index contributed by atoms with van der Waals surface area (Å²) in [5, 5.41) is 23.6. The molecule has 0 atom stereocenters. The van der Waals surface area contributed by atoms with E-state index in [0.29, 0.717) is 33.9 Å². The molecule has 1 N–H and O–H groups in total. The summed E-state index contributed by atoms with van der Waals surface area (Å²) >= 11 is 0. The normalized spacial score (nSPS) is 15.3. The van der Waals surface area contributed by atoms with E-state index in [4.69, 9.17) is 0 Å². The van der Waals surface area contributed by atoms with Crippen molar-refractivity contribution in [3.05, 3.63) is 107 Å². The molecule has 2 aliphatic rings. The van der Waals surface area contributed by atoms with Gasteiger partial charge in [0.25, 0.3) is 0 Å². The number of likely N-dealkylation sites (tertiary alicyclic amines) is 1. The average molecular weight is 839 g/mol. The van der Waals surface area contributed by atoms with Crippen LogP contribution in [-0.2, 0) is 7.05 Å². The highest BCUT2D eigenvalue weighted by molar-refractivity contribution is 5.91. The second kappa shape index (κ2) is 17.2. The van der Waals surface area contributed by atoms with Gasteiger partial charge in [0.2, 0.25) is 0 Å². The lowest BCUT2D eigenvalue weighted by Gasteiger charge is -2.27. The van der Waals surface area contributed by atoms with E-state index < -0.39 is 5.82 Å². The Morgan fingerprint density at radius 1 is 0.678 bits per heavy atom. The third-order valence-corrected chi connectivity index (χ3v) is 11.4. The fourth-order valence-electron chi connectivity index (χ4n) is 8.32. The summed E-state index contributed by atoms with van der Waals surface area (Å²) in [4.78, 5) is 15.9. The van der Waals surface area contributed by atoms with E-state index in [1.165, 1.54) is 6.07 Å². The molecule has 0 saturated carbocycles. The van der Waals surface area contributed by atoms with Crippen molar-refractivity contribution in [1.82, 2.24) is 54.8 Å². The van der Waals surface area contributed by atoms with Crippen LogP contribution in [0, 0.1) is 32.4 Å². The molecular formula is C44H47Cl2F2N11.